The lowest BCUT2D eigenvalue weighted by atomic mass is 10.0. The summed E-state index contributed by atoms with van der Waals surface area (Å²) < 4.78 is 63.2. The van der Waals surface area contributed by atoms with Gasteiger partial charge in [0.1, 0.15) is 0 Å². The third-order valence-electron chi connectivity index (χ3n) is 4.42. The molecule has 0 unspecified atom stereocenters. The Morgan fingerprint density at radius 3 is 2.63 bits per heavy atom. The van der Waals surface area contributed by atoms with Crippen molar-refractivity contribution in [3.05, 3.63) is 46.0 Å². The number of carbonyl (C=O) groups excluding carboxylic acids is 1. The van der Waals surface area contributed by atoms with Crippen LogP contribution in [0.15, 0.2) is 18.5 Å². The molecule has 0 bridgehead atoms. The van der Waals surface area contributed by atoms with E-state index in [0.717, 1.165) is 6.07 Å². The van der Waals surface area contributed by atoms with Crippen molar-refractivity contribution in [1.82, 2.24) is 20.5 Å². The second kappa shape index (κ2) is 7.06. The molecule has 0 radical (unpaired) electrons. The molecule has 0 spiro atoms. The molecule has 2 N–H and O–H groups in total. The van der Waals surface area contributed by atoms with E-state index in [2.05, 4.69) is 20.5 Å². The van der Waals surface area contributed by atoms with Gasteiger partial charge >= 0.3 is 6.18 Å². The first kappa shape index (κ1) is 19.5. The summed E-state index contributed by atoms with van der Waals surface area (Å²) in [5.41, 5.74) is -1.40. The molecule has 3 rings (SSSR count). The van der Waals surface area contributed by atoms with E-state index in [-0.39, 0.29) is 28.5 Å². The molecule has 2 heterocycles. The van der Waals surface area contributed by atoms with Crippen molar-refractivity contribution in [2.24, 2.45) is 0 Å². The quantitative estimate of drug-likeness (QED) is 0.715. The number of H-pyrrole nitrogens is 1. The molecule has 1 aliphatic rings. The lowest BCUT2D eigenvalue weighted by Gasteiger charge is -2.18. The maximum absolute atomic E-state index is 12.7. The van der Waals surface area contributed by atoms with Gasteiger partial charge in [0.15, 0.2) is 0 Å². The van der Waals surface area contributed by atoms with Crippen molar-refractivity contribution in [3.8, 4) is 0 Å². The SMILES string of the molecule is O=C(NCC1(c2ncc(C(F)(F)F)cc2Cl)CC1)c1c[nH]nc1CC(F)F. The van der Waals surface area contributed by atoms with Crippen molar-refractivity contribution in [1.29, 1.82) is 0 Å². The molecule has 1 amide bonds. The van der Waals surface area contributed by atoms with Crippen LogP contribution in [0.5, 0.6) is 0 Å². The van der Waals surface area contributed by atoms with Crippen molar-refractivity contribution >= 4 is 17.5 Å². The smallest absolute Gasteiger partial charge is 0.351 e. The van der Waals surface area contributed by atoms with Crippen molar-refractivity contribution < 1.29 is 26.7 Å². The number of aromatic nitrogens is 3. The van der Waals surface area contributed by atoms with Crippen LogP contribution in [0.2, 0.25) is 5.02 Å². The van der Waals surface area contributed by atoms with Gasteiger partial charge in [-0.15, -0.1) is 0 Å². The van der Waals surface area contributed by atoms with E-state index in [9.17, 15) is 26.7 Å². The first-order valence-electron chi connectivity index (χ1n) is 7.94. The fourth-order valence-electron chi connectivity index (χ4n) is 2.79. The molecule has 0 atom stereocenters. The minimum absolute atomic E-state index is 0.00224. The average molecular weight is 409 g/mol. The number of pyridine rings is 1. The third-order valence-corrected chi connectivity index (χ3v) is 4.71. The zero-order chi connectivity index (χ0) is 19.8. The molecule has 27 heavy (non-hydrogen) atoms. The summed E-state index contributed by atoms with van der Waals surface area (Å²) in [6.07, 6.45) is -4.77. The second-order valence-corrected chi connectivity index (χ2v) is 6.76. The summed E-state index contributed by atoms with van der Waals surface area (Å²) in [5, 5.41) is 8.49. The van der Waals surface area contributed by atoms with E-state index in [0.29, 0.717) is 19.0 Å². The molecule has 2 aromatic rings. The Labute approximate surface area is 155 Å². The van der Waals surface area contributed by atoms with Crippen LogP contribution in [0.1, 0.15) is 40.2 Å². The number of amides is 1. The first-order chi connectivity index (χ1) is 12.6. The van der Waals surface area contributed by atoms with Gasteiger partial charge in [0, 0.05) is 24.4 Å². The topological polar surface area (TPSA) is 70.7 Å². The van der Waals surface area contributed by atoms with Crippen LogP contribution in [0.3, 0.4) is 0 Å². The maximum Gasteiger partial charge on any atom is 0.417 e. The van der Waals surface area contributed by atoms with E-state index in [1.165, 1.54) is 6.20 Å². The Balaban J connectivity index is 1.71. The summed E-state index contributed by atoms with van der Waals surface area (Å²) >= 11 is 5.98. The zero-order valence-corrected chi connectivity index (χ0v) is 14.5. The molecule has 0 saturated heterocycles. The molecule has 146 valence electrons. The van der Waals surface area contributed by atoms with E-state index in [1.807, 2.05) is 0 Å². The van der Waals surface area contributed by atoms with Crippen LogP contribution in [0.4, 0.5) is 22.0 Å². The number of nitrogens with one attached hydrogen (secondary N) is 2. The number of carbonyl (C=O) groups is 1. The number of nitrogens with zero attached hydrogens (tertiary/aromatic N) is 2. The van der Waals surface area contributed by atoms with Gasteiger partial charge in [-0.2, -0.15) is 18.3 Å². The van der Waals surface area contributed by atoms with Crippen molar-refractivity contribution in [2.45, 2.75) is 37.3 Å². The second-order valence-electron chi connectivity index (χ2n) is 6.36. The minimum atomic E-state index is -4.55. The van der Waals surface area contributed by atoms with Gasteiger partial charge in [-0.3, -0.25) is 14.9 Å². The molecule has 0 aliphatic heterocycles. The number of halogens is 6. The molecule has 1 saturated carbocycles. The predicted octanol–water partition coefficient (Wildman–Crippen LogP) is 3.75. The standard InChI is InChI=1S/C16H14ClF5N4O/c17-10-3-8(16(20,21)22)5-23-13(10)15(1-2-15)7-24-14(27)9-6-25-26-11(9)4-12(18)19/h3,5-6,12H,1-2,4,7H2,(H,24,27)(H,25,26). The van der Waals surface area contributed by atoms with Gasteiger partial charge in [-0.25, -0.2) is 8.78 Å². The maximum atomic E-state index is 12.7. The highest BCUT2D eigenvalue weighted by molar-refractivity contribution is 6.31. The van der Waals surface area contributed by atoms with Crippen LogP contribution in [0.25, 0.3) is 0 Å². The molecular weight excluding hydrogens is 395 g/mol. The summed E-state index contributed by atoms with van der Waals surface area (Å²) in [5.74, 6) is -0.603. The predicted molar refractivity (Wildman–Crippen MR) is 85.8 cm³/mol. The van der Waals surface area contributed by atoms with Gasteiger partial charge in [-0.05, 0) is 18.9 Å². The van der Waals surface area contributed by atoms with Gasteiger partial charge in [0.25, 0.3) is 5.91 Å². The highest BCUT2D eigenvalue weighted by Gasteiger charge is 2.47. The highest BCUT2D eigenvalue weighted by atomic mass is 35.5. The summed E-state index contributed by atoms with van der Waals surface area (Å²) in [6.45, 7) is 0.0726. The van der Waals surface area contributed by atoms with Gasteiger partial charge < -0.3 is 5.32 Å². The summed E-state index contributed by atoms with van der Waals surface area (Å²) in [4.78, 5) is 16.1. The third kappa shape index (κ3) is 4.20. The lowest BCUT2D eigenvalue weighted by Crippen LogP contribution is -2.33. The molecule has 1 fully saturated rings. The summed E-state index contributed by atoms with van der Waals surface area (Å²) in [6, 6.07) is 0.808. The molecule has 2 aromatic heterocycles. The molecule has 1 aliphatic carbocycles. The fourth-order valence-corrected chi connectivity index (χ4v) is 3.16. The zero-order valence-electron chi connectivity index (χ0n) is 13.7. The lowest BCUT2D eigenvalue weighted by molar-refractivity contribution is -0.137. The van der Waals surface area contributed by atoms with Gasteiger partial charge in [0.2, 0.25) is 6.43 Å². The Kier molecular flexibility index (Phi) is 5.11. The number of hydrogen-bond acceptors (Lipinski definition) is 3. The van der Waals surface area contributed by atoms with Crippen LogP contribution in [-0.2, 0) is 18.0 Å². The fraction of sp³-hybridized carbons (Fsp3) is 0.438. The normalized spacial score (nSPS) is 15.8. The molecule has 5 nitrogen and oxygen atoms in total. The Bertz CT molecular complexity index is 848. The van der Waals surface area contributed by atoms with Crippen molar-refractivity contribution in [2.75, 3.05) is 6.54 Å². The highest BCUT2D eigenvalue weighted by Crippen LogP contribution is 2.49. The van der Waals surface area contributed by atoms with Crippen LogP contribution < -0.4 is 5.32 Å². The number of alkyl halides is 5. The van der Waals surface area contributed by atoms with Gasteiger partial charge in [0.05, 0.1) is 34.0 Å². The van der Waals surface area contributed by atoms with Gasteiger partial charge in [-0.1, -0.05) is 11.6 Å². The Morgan fingerprint density at radius 1 is 1.37 bits per heavy atom. The van der Waals surface area contributed by atoms with E-state index in [4.69, 9.17) is 11.6 Å². The number of aromatic amines is 1. The average Bonchev–Trinajstić information content (AvgIpc) is 3.22. The van der Waals surface area contributed by atoms with Crippen LogP contribution >= 0.6 is 11.6 Å². The largest absolute Gasteiger partial charge is 0.417 e. The van der Waals surface area contributed by atoms with Crippen molar-refractivity contribution in [3.63, 3.8) is 0 Å². The number of hydrogen-bond donors (Lipinski definition) is 2. The van der Waals surface area contributed by atoms with E-state index in [1.54, 1.807) is 0 Å². The molecular formula is C16H14ClF5N4O. The minimum Gasteiger partial charge on any atom is -0.351 e. The van der Waals surface area contributed by atoms with E-state index < -0.39 is 35.9 Å². The Morgan fingerprint density at radius 2 is 2.07 bits per heavy atom. The molecule has 11 heteroatoms. The number of rotatable bonds is 6. The van der Waals surface area contributed by atoms with Crippen LogP contribution in [-0.4, -0.2) is 34.1 Å². The van der Waals surface area contributed by atoms with E-state index >= 15 is 0 Å². The monoisotopic (exact) mass is 408 g/mol. The van der Waals surface area contributed by atoms with Crippen LogP contribution in [0, 0.1) is 0 Å². The molecule has 0 aromatic carbocycles. The summed E-state index contributed by atoms with van der Waals surface area (Å²) in [7, 11) is 0. The Hall–Kier alpha value is -2.23. The first-order valence-corrected chi connectivity index (χ1v) is 8.32.